The van der Waals surface area contributed by atoms with Gasteiger partial charge in [-0.1, -0.05) is 5.11 Å². The maximum Gasteiger partial charge on any atom is 0.237 e. The van der Waals surface area contributed by atoms with Crippen LogP contribution in [0.3, 0.4) is 0 Å². The molecule has 0 spiro atoms. The molecule has 156 valence electrons. The lowest BCUT2D eigenvalue weighted by Gasteiger charge is -2.22. The third-order valence-corrected chi connectivity index (χ3v) is 4.58. The minimum atomic E-state index is -1.22. The molecule has 0 bridgehead atoms. The number of aliphatic hydroxyl groups is 2. The Kier molecular flexibility index (Phi) is 6.10. The Balaban J connectivity index is 1.85. The van der Waals surface area contributed by atoms with E-state index in [2.05, 4.69) is 30.3 Å². The zero-order valence-electron chi connectivity index (χ0n) is 15.8. The second kappa shape index (κ2) is 8.55. The first-order valence-electron chi connectivity index (χ1n) is 8.75. The molecule has 3 rings (SSSR count). The van der Waals surface area contributed by atoms with Gasteiger partial charge in [0.05, 0.1) is 25.0 Å². The van der Waals surface area contributed by atoms with Gasteiger partial charge in [-0.25, -0.2) is 15.0 Å². The van der Waals surface area contributed by atoms with E-state index >= 15 is 0 Å². The summed E-state index contributed by atoms with van der Waals surface area (Å²) in [6, 6.07) is -2.04. The number of ether oxygens (including phenoxy) is 1. The fraction of sp³-hybridized carbons (Fsp3) is 0.600. The largest absolute Gasteiger partial charge is 0.394 e. The predicted octanol–water partition coefficient (Wildman–Crippen LogP) is -1.73. The second-order valence-corrected chi connectivity index (χ2v) is 6.71. The number of azide groups is 1. The molecule has 29 heavy (non-hydrogen) atoms. The van der Waals surface area contributed by atoms with Crippen LogP contribution in [-0.4, -0.2) is 87.2 Å². The predicted molar refractivity (Wildman–Crippen MR) is 101 cm³/mol. The summed E-state index contributed by atoms with van der Waals surface area (Å²) in [4.78, 5) is 29.3. The lowest BCUT2D eigenvalue weighted by atomic mass is 10.1. The van der Waals surface area contributed by atoms with Crippen LogP contribution >= 0.6 is 0 Å². The van der Waals surface area contributed by atoms with Crippen molar-refractivity contribution in [2.24, 2.45) is 10.8 Å². The number of hydrogen-bond acceptors (Lipinski definition) is 10. The number of hydrogen-bond donors (Lipinski definition) is 4. The summed E-state index contributed by atoms with van der Waals surface area (Å²) in [5, 5.41) is 26.3. The fourth-order valence-electron chi connectivity index (χ4n) is 3.14. The number of carbonyl (C=O) groups is 1. The molecule has 2 aromatic heterocycles. The number of imidazole rings is 1. The van der Waals surface area contributed by atoms with Gasteiger partial charge in [-0.15, -0.1) is 0 Å². The Morgan fingerprint density at radius 3 is 2.93 bits per heavy atom. The highest BCUT2D eigenvalue weighted by Crippen LogP contribution is 2.32. The zero-order chi connectivity index (χ0) is 21.1. The normalized spacial score (nSPS) is 24.9. The Labute approximate surface area is 164 Å². The number of aliphatic hydroxyl groups excluding tert-OH is 2. The van der Waals surface area contributed by atoms with Crippen LogP contribution in [0.5, 0.6) is 0 Å². The third-order valence-electron chi connectivity index (χ3n) is 4.58. The van der Waals surface area contributed by atoms with E-state index in [1.165, 1.54) is 17.2 Å². The van der Waals surface area contributed by atoms with Crippen molar-refractivity contribution in [3.8, 4) is 0 Å². The van der Waals surface area contributed by atoms with Gasteiger partial charge in [-0.2, -0.15) is 0 Å². The highest BCUT2D eigenvalue weighted by molar-refractivity contribution is 5.83. The van der Waals surface area contributed by atoms with Crippen LogP contribution in [0.25, 0.3) is 21.6 Å². The van der Waals surface area contributed by atoms with Crippen LogP contribution < -0.4 is 16.0 Å². The lowest BCUT2D eigenvalue weighted by molar-refractivity contribution is -0.123. The monoisotopic (exact) mass is 406 g/mol. The fourth-order valence-corrected chi connectivity index (χ4v) is 3.14. The van der Waals surface area contributed by atoms with E-state index in [0.717, 1.165) is 0 Å². The summed E-state index contributed by atoms with van der Waals surface area (Å²) in [6.45, 7) is -0.690. The van der Waals surface area contributed by atoms with Crippen LogP contribution in [0, 0.1) is 0 Å². The van der Waals surface area contributed by atoms with Gasteiger partial charge in [0.2, 0.25) is 5.91 Å². The summed E-state index contributed by atoms with van der Waals surface area (Å²) in [6.07, 6.45) is -0.252. The molecule has 0 radical (unpaired) electrons. The van der Waals surface area contributed by atoms with Crippen molar-refractivity contribution in [1.29, 1.82) is 0 Å². The summed E-state index contributed by atoms with van der Waals surface area (Å²) < 4.78 is 7.28. The van der Waals surface area contributed by atoms with Crippen molar-refractivity contribution >= 4 is 22.9 Å². The number of nitrogens with one attached hydrogen (secondary N) is 1. The smallest absolute Gasteiger partial charge is 0.237 e. The number of nitrogens with zero attached hydrogens (tertiary/aromatic N) is 8. The van der Waals surface area contributed by atoms with E-state index in [1.54, 1.807) is 4.90 Å². The van der Waals surface area contributed by atoms with Crippen LogP contribution in [0.15, 0.2) is 17.8 Å². The van der Waals surface area contributed by atoms with E-state index in [0.29, 0.717) is 17.0 Å². The quantitative estimate of drug-likeness (QED) is 0.234. The molecule has 0 aliphatic carbocycles. The molecule has 0 saturated carbocycles. The van der Waals surface area contributed by atoms with Gasteiger partial charge < -0.3 is 30.9 Å². The first kappa shape index (κ1) is 20.7. The molecule has 14 nitrogen and oxygen atoms in total. The molecule has 0 aromatic carbocycles. The molecule has 5 atom stereocenters. The Morgan fingerprint density at radius 2 is 2.28 bits per heavy atom. The highest BCUT2D eigenvalue weighted by Gasteiger charge is 2.46. The van der Waals surface area contributed by atoms with Crippen LogP contribution in [0.2, 0.25) is 0 Å². The van der Waals surface area contributed by atoms with Gasteiger partial charge in [0.25, 0.3) is 0 Å². The van der Waals surface area contributed by atoms with Gasteiger partial charge in [-0.05, 0) is 5.53 Å². The van der Waals surface area contributed by atoms with Gasteiger partial charge in [0.15, 0.2) is 23.2 Å². The van der Waals surface area contributed by atoms with Crippen molar-refractivity contribution in [2.75, 3.05) is 32.1 Å². The van der Waals surface area contributed by atoms with Crippen LogP contribution in [0.1, 0.15) is 6.23 Å². The molecule has 1 aliphatic rings. The molecule has 1 fully saturated rings. The van der Waals surface area contributed by atoms with E-state index in [4.69, 9.17) is 16.0 Å². The average Bonchev–Trinajstić information content (AvgIpc) is 3.27. The average molecular weight is 406 g/mol. The number of fused-ring (bicyclic) bond motifs is 1. The number of amides is 1. The minimum absolute atomic E-state index is 0.240. The Bertz CT molecular complexity index is 927. The van der Waals surface area contributed by atoms with Crippen molar-refractivity contribution in [3.63, 3.8) is 0 Å². The topological polar surface area (TPSA) is 200 Å². The van der Waals surface area contributed by atoms with Gasteiger partial charge in [0.1, 0.15) is 18.5 Å². The molecule has 14 heteroatoms. The SMILES string of the molecule is CN(C)c1ncnc2c1ncn2[C@@H]1O[C@H](CO)[C@@H](NC(=O)[C@@H](N)CN=[N+]=[N-])[C@H]1O. The first-order valence-corrected chi connectivity index (χ1v) is 8.75. The zero-order valence-corrected chi connectivity index (χ0v) is 15.8. The number of aromatic nitrogens is 4. The van der Waals surface area contributed by atoms with Gasteiger partial charge >= 0.3 is 0 Å². The molecule has 5 N–H and O–H groups in total. The lowest BCUT2D eigenvalue weighted by Crippen LogP contribution is -2.53. The van der Waals surface area contributed by atoms with Crippen LogP contribution in [0.4, 0.5) is 5.82 Å². The molecule has 2 aromatic rings. The maximum atomic E-state index is 12.2. The second-order valence-electron chi connectivity index (χ2n) is 6.71. The van der Waals surface area contributed by atoms with E-state index in [-0.39, 0.29) is 6.54 Å². The van der Waals surface area contributed by atoms with Crippen molar-refractivity contribution in [2.45, 2.75) is 30.5 Å². The van der Waals surface area contributed by atoms with Crippen molar-refractivity contribution < 1.29 is 19.7 Å². The van der Waals surface area contributed by atoms with E-state index in [9.17, 15) is 15.0 Å². The van der Waals surface area contributed by atoms with Crippen LogP contribution in [-0.2, 0) is 9.53 Å². The van der Waals surface area contributed by atoms with E-state index in [1.807, 2.05) is 14.1 Å². The maximum absolute atomic E-state index is 12.2. The van der Waals surface area contributed by atoms with Crippen molar-refractivity contribution in [1.82, 2.24) is 24.8 Å². The summed E-state index contributed by atoms with van der Waals surface area (Å²) in [5.41, 5.74) is 14.9. The van der Waals surface area contributed by atoms with Gasteiger partial charge in [-0.3, -0.25) is 9.36 Å². The summed E-state index contributed by atoms with van der Waals surface area (Å²) in [7, 11) is 3.63. The highest BCUT2D eigenvalue weighted by atomic mass is 16.5. The number of carbonyl (C=O) groups excluding carboxylic acids is 1. The molecule has 1 amide bonds. The molecule has 1 saturated heterocycles. The Morgan fingerprint density at radius 1 is 1.52 bits per heavy atom. The molecule has 0 unspecified atom stereocenters. The Hall–Kier alpha value is -3.03. The molecular weight excluding hydrogens is 384 g/mol. The summed E-state index contributed by atoms with van der Waals surface area (Å²) in [5.74, 6) is -0.0503. The standard InChI is InChI=1S/C15H22N10O4/c1-24(2)12-10-13(19-5-18-12)25(6-20-10)15-11(27)9(8(4-26)29-15)22-14(28)7(16)3-21-23-17/h5-9,11,15,26-27H,3-4,16H2,1-2H3,(H,22,28)/t7-,8+,9+,11+,15+/m0/s1. The molecular formula is C15H22N10O4. The van der Waals surface area contributed by atoms with Crippen molar-refractivity contribution in [3.05, 3.63) is 23.1 Å². The third kappa shape index (κ3) is 3.92. The minimum Gasteiger partial charge on any atom is -0.394 e. The first-order chi connectivity index (χ1) is 13.9. The number of anilines is 1. The van der Waals surface area contributed by atoms with E-state index < -0.39 is 43.0 Å². The molecule has 1 aliphatic heterocycles. The van der Waals surface area contributed by atoms with Gasteiger partial charge in [0, 0.05) is 25.6 Å². The number of nitrogens with two attached hydrogens (primary N) is 1. The summed E-state index contributed by atoms with van der Waals surface area (Å²) >= 11 is 0. The number of rotatable bonds is 7. The molecule has 3 heterocycles.